The molecule has 0 saturated heterocycles. The number of nitrogens with two attached hydrogens (primary N) is 1. The second kappa shape index (κ2) is 5.13. The Morgan fingerprint density at radius 3 is 2.80 bits per heavy atom. The van der Waals surface area contributed by atoms with Gasteiger partial charge in [-0.25, -0.2) is 0 Å². The minimum absolute atomic E-state index is 0.507. The highest BCUT2D eigenvalue weighted by Crippen LogP contribution is 2.49. The number of hydrogen-bond donors (Lipinski definition) is 2. The fourth-order valence-electron chi connectivity index (χ4n) is 3.62. The highest BCUT2D eigenvalue weighted by molar-refractivity contribution is 4.91. The molecule has 0 heterocycles. The fraction of sp³-hybridized carbons (Fsp3) is 0.846. The van der Waals surface area contributed by atoms with Crippen LogP contribution in [-0.2, 0) is 0 Å². The molecule has 0 aromatic carbocycles. The first-order valence-electron chi connectivity index (χ1n) is 6.40. The predicted molar refractivity (Wildman–Crippen MR) is 64.1 cm³/mol. The number of nitrogens with one attached hydrogen (secondary N) is 1. The highest BCUT2D eigenvalue weighted by Gasteiger charge is 2.39. The zero-order valence-corrected chi connectivity index (χ0v) is 9.62. The van der Waals surface area contributed by atoms with Gasteiger partial charge in [-0.15, -0.1) is 6.58 Å². The molecule has 2 heteroatoms. The van der Waals surface area contributed by atoms with Gasteiger partial charge in [0, 0.05) is 6.04 Å². The van der Waals surface area contributed by atoms with E-state index in [0.717, 1.165) is 30.6 Å². The second-order valence-corrected chi connectivity index (χ2v) is 5.40. The molecule has 2 aliphatic carbocycles. The molecule has 4 atom stereocenters. The van der Waals surface area contributed by atoms with Crippen LogP contribution in [0.15, 0.2) is 12.7 Å². The third-order valence-corrected chi connectivity index (χ3v) is 4.43. The predicted octanol–water partition coefficient (Wildman–Crippen LogP) is 2.61. The molecular weight excluding hydrogens is 184 g/mol. The Balaban J connectivity index is 1.77. The molecule has 86 valence electrons. The zero-order valence-electron chi connectivity index (χ0n) is 9.62. The summed E-state index contributed by atoms with van der Waals surface area (Å²) in [6.07, 6.45) is 11.4. The minimum atomic E-state index is 0.507. The van der Waals surface area contributed by atoms with Crippen LogP contribution in [-0.4, -0.2) is 6.04 Å². The SMILES string of the molecule is C=CCCC(CC1CC2CCC1C2)NN. The summed E-state index contributed by atoms with van der Waals surface area (Å²) in [4.78, 5) is 0. The monoisotopic (exact) mass is 208 g/mol. The molecule has 4 unspecified atom stereocenters. The van der Waals surface area contributed by atoms with Crippen LogP contribution in [0.2, 0.25) is 0 Å². The Bertz CT molecular complexity index is 215. The molecule has 0 aromatic rings. The third kappa shape index (κ3) is 2.61. The highest BCUT2D eigenvalue weighted by atomic mass is 15.2. The van der Waals surface area contributed by atoms with Gasteiger partial charge >= 0.3 is 0 Å². The lowest BCUT2D eigenvalue weighted by Gasteiger charge is -2.26. The van der Waals surface area contributed by atoms with Gasteiger partial charge in [-0.05, 0) is 56.3 Å². The summed E-state index contributed by atoms with van der Waals surface area (Å²) >= 11 is 0. The van der Waals surface area contributed by atoms with E-state index in [1.54, 1.807) is 0 Å². The molecule has 2 bridgehead atoms. The molecule has 0 radical (unpaired) electrons. The van der Waals surface area contributed by atoms with Crippen molar-refractivity contribution in [1.82, 2.24) is 5.43 Å². The quantitative estimate of drug-likeness (QED) is 0.400. The van der Waals surface area contributed by atoms with Gasteiger partial charge in [-0.2, -0.15) is 0 Å². The van der Waals surface area contributed by atoms with Crippen LogP contribution in [0, 0.1) is 17.8 Å². The fourth-order valence-corrected chi connectivity index (χ4v) is 3.62. The van der Waals surface area contributed by atoms with E-state index < -0.39 is 0 Å². The summed E-state index contributed by atoms with van der Waals surface area (Å²) in [5.74, 6) is 8.64. The van der Waals surface area contributed by atoms with Gasteiger partial charge in [0.15, 0.2) is 0 Å². The van der Waals surface area contributed by atoms with Gasteiger partial charge in [0.05, 0.1) is 0 Å². The van der Waals surface area contributed by atoms with Gasteiger partial charge in [-0.1, -0.05) is 12.5 Å². The van der Waals surface area contributed by atoms with Gasteiger partial charge in [0.2, 0.25) is 0 Å². The summed E-state index contributed by atoms with van der Waals surface area (Å²) in [6, 6.07) is 0.507. The van der Waals surface area contributed by atoms with E-state index in [9.17, 15) is 0 Å². The van der Waals surface area contributed by atoms with E-state index in [1.165, 1.54) is 32.1 Å². The first-order chi connectivity index (χ1) is 7.33. The third-order valence-electron chi connectivity index (χ3n) is 4.43. The van der Waals surface area contributed by atoms with Crippen molar-refractivity contribution in [3.8, 4) is 0 Å². The molecule has 0 spiro atoms. The molecule has 0 aliphatic heterocycles. The topological polar surface area (TPSA) is 38.0 Å². The van der Waals surface area contributed by atoms with Crippen molar-refractivity contribution in [3.05, 3.63) is 12.7 Å². The normalized spacial score (nSPS) is 35.7. The van der Waals surface area contributed by atoms with Gasteiger partial charge < -0.3 is 0 Å². The molecule has 2 rings (SSSR count). The Kier molecular flexibility index (Phi) is 3.81. The molecular formula is C13H24N2. The number of allylic oxidation sites excluding steroid dienone is 1. The summed E-state index contributed by atoms with van der Waals surface area (Å²) in [6.45, 7) is 3.77. The average molecular weight is 208 g/mol. The molecule has 2 aliphatic rings. The van der Waals surface area contributed by atoms with Crippen LogP contribution in [0.25, 0.3) is 0 Å². The van der Waals surface area contributed by atoms with Gasteiger partial charge in [0.1, 0.15) is 0 Å². The van der Waals surface area contributed by atoms with E-state index in [1.807, 2.05) is 6.08 Å². The number of hydrogen-bond acceptors (Lipinski definition) is 2. The lowest BCUT2D eigenvalue weighted by molar-refractivity contribution is 0.273. The van der Waals surface area contributed by atoms with E-state index in [0.29, 0.717) is 6.04 Å². The summed E-state index contributed by atoms with van der Waals surface area (Å²) in [7, 11) is 0. The smallest absolute Gasteiger partial charge is 0.0216 e. The molecule has 2 nitrogen and oxygen atoms in total. The van der Waals surface area contributed by atoms with Crippen molar-refractivity contribution < 1.29 is 0 Å². The summed E-state index contributed by atoms with van der Waals surface area (Å²) in [5, 5.41) is 0. The maximum Gasteiger partial charge on any atom is 0.0216 e. The standard InChI is InChI=1S/C13H24N2/c1-2-3-4-13(15-14)9-12-8-10-5-6-11(12)7-10/h2,10-13,15H,1,3-9,14H2. The molecule has 3 N–H and O–H groups in total. The van der Waals surface area contributed by atoms with E-state index in [4.69, 9.17) is 5.84 Å². The van der Waals surface area contributed by atoms with E-state index in [-0.39, 0.29) is 0 Å². The number of hydrazine groups is 1. The molecule has 0 aromatic heterocycles. The first-order valence-corrected chi connectivity index (χ1v) is 6.40. The van der Waals surface area contributed by atoms with Crippen LogP contribution in [0.3, 0.4) is 0 Å². The van der Waals surface area contributed by atoms with E-state index >= 15 is 0 Å². The van der Waals surface area contributed by atoms with Gasteiger partial charge in [-0.3, -0.25) is 11.3 Å². The lowest BCUT2D eigenvalue weighted by atomic mass is 9.83. The lowest BCUT2D eigenvalue weighted by Crippen LogP contribution is -2.37. The van der Waals surface area contributed by atoms with Crippen LogP contribution in [0.1, 0.15) is 44.9 Å². The first kappa shape index (κ1) is 11.2. The average Bonchev–Trinajstić information content (AvgIpc) is 2.85. The van der Waals surface area contributed by atoms with Crippen LogP contribution in [0.5, 0.6) is 0 Å². The Labute approximate surface area is 93.3 Å². The van der Waals surface area contributed by atoms with Crippen molar-refractivity contribution >= 4 is 0 Å². The molecule has 15 heavy (non-hydrogen) atoms. The van der Waals surface area contributed by atoms with Crippen LogP contribution < -0.4 is 11.3 Å². The second-order valence-electron chi connectivity index (χ2n) is 5.40. The number of rotatable bonds is 6. The Hall–Kier alpha value is -0.340. The van der Waals surface area contributed by atoms with Crippen LogP contribution >= 0.6 is 0 Å². The van der Waals surface area contributed by atoms with Crippen molar-refractivity contribution in [3.63, 3.8) is 0 Å². The summed E-state index contributed by atoms with van der Waals surface area (Å²) in [5.41, 5.74) is 2.98. The number of fused-ring (bicyclic) bond motifs is 2. The molecule has 0 amide bonds. The zero-order chi connectivity index (χ0) is 10.7. The maximum atomic E-state index is 5.61. The van der Waals surface area contributed by atoms with Crippen molar-refractivity contribution in [2.24, 2.45) is 23.6 Å². The molecule has 2 fully saturated rings. The van der Waals surface area contributed by atoms with Gasteiger partial charge in [0.25, 0.3) is 0 Å². The van der Waals surface area contributed by atoms with Crippen molar-refractivity contribution in [2.75, 3.05) is 0 Å². The largest absolute Gasteiger partial charge is 0.271 e. The van der Waals surface area contributed by atoms with E-state index in [2.05, 4.69) is 12.0 Å². The van der Waals surface area contributed by atoms with Crippen molar-refractivity contribution in [2.45, 2.75) is 51.0 Å². The maximum absolute atomic E-state index is 5.61. The van der Waals surface area contributed by atoms with Crippen molar-refractivity contribution in [1.29, 1.82) is 0 Å². The van der Waals surface area contributed by atoms with Crippen LogP contribution in [0.4, 0.5) is 0 Å². The Morgan fingerprint density at radius 2 is 2.27 bits per heavy atom. The minimum Gasteiger partial charge on any atom is -0.271 e. The molecule has 2 saturated carbocycles. The summed E-state index contributed by atoms with van der Waals surface area (Å²) < 4.78 is 0. The Morgan fingerprint density at radius 1 is 1.40 bits per heavy atom.